The number of amides is 1. The van der Waals surface area contributed by atoms with E-state index in [1.807, 2.05) is 60.7 Å². The number of ether oxygens (including phenoxy) is 2. The number of hydrogen-bond donors (Lipinski definition) is 0. The average Bonchev–Trinajstić information content (AvgIpc) is 3.55. The fourth-order valence-corrected chi connectivity index (χ4v) is 21.2. The zero-order valence-electron chi connectivity index (χ0n) is 29.0. The summed E-state index contributed by atoms with van der Waals surface area (Å²) in [6, 6.07) is 28.4. The Bertz CT molecular complexity index is 2010. The van der Waals surface area contributed by atoms with E-state index >= 15 is 0 Å². The summed E-state index contributed by atoms with van der Waals surface area (Å²) in [6.07, 6.45) is -2.01. The third-order valence-electron chi connectivity index (χ3n) is 9.43. The number of rotatable bonds is 10. The number of hydrogen-bond acceptors (Lipinski definition) is 9. The third kappa shape index (κ3) is 7.18. The Kier molecular flexibility index (Phi) is 10.8. The lowest BCUT2D eigenvalue weighted by Crippen LogP contribution is -2.68. The highest BCUT2D eigenvalue weighted by Gasteiger charge is 2.52. The lowest BCUT2D eigenvalue weighted by molar-refractivity contribution is -0.0720. The molecule has 3 aromatic carbocycles. The van der Waals surface area contributed by atoms with Gasteiger partial charge in [-0.15, -0.1) is 11.3 Å². The van der Waals surface area contributed by atoms with Crippen molar-refractivity contribution in [2.45, 2.75) is 79.0 Å². The van der Waals surface area contributed by atoms with E-state index < -0.39 is 62.4 Å². The highest BCUT2D eigenvalue weighted by Crippen LogP contribution is 2.46. The smallest absolute Gasteiger partial charge is 0.413 e. The van der Waals surface area contributed by atoms with Gasteiger partial charge in [0.15, 0.2) is 19.7 Å². The van der Waals surface area contributed by atoms with Gasteiger partial charge in [0.05, 0.1) is 22.2 Å². The maximum Gasteiger partial charge on any atom is 0.413 e. The highest BCUT2D eigenvalue weighted by atomic mass is 32.3. The van der Waals surface area contributed by atoms with Gasteiger partial charge in [-0.3, -0.25) is 0 Å². The lowest BCUT2D eigenvalue weighted by atomic mass is 10.0. The van der Waals surface area contributed by atoms with Crippen LogP contribution in [-0.4, -0.2) is 65.3 Å². The molecule has 3 atom stereocenters. The standard InChI is InChI=1S/C37H43NO8S3Si/c1-7-38(36(40)46-27(3)45-34(39)28-17-11-8-12-18-28)32-23-26(2)49(43,44)35-31(32)24-33(47-35)48(41,42)25-50(37(4,5)6,29-19-13-9-14-20-29)30-21-15-10-16-22-30/h8-22,24,26-27,32H,7,23,25H2,1-6H3/t26-,27?,32-/m0/s1. The Balaban J connectivity index is 1.52. The first-order valence-electron chi connectivity index (χ1n) is 16.5. The maximum atomic E-state index is 14.7. The monoisotopic (exact) mass is 753 g/mol. The molecule has 0 spiro atoms. The summed E-state index contributed by atoms with van der Waals surface area (Å²) in [4.78, 5) is 27.5. The van der Waals surface area contributed by atoms with Crippen LogP contribution in [0, 0.1) is 0 Å². The van der Waals surface area contributed by atoms with Gasteiger partial charge in [0.1, 0.15) is 16.5 Å². The molecule has 13 heteroatoms. The number of fused-ring (bicyclic) bond motifs is 1. The molecule has 1 aliphatic heterocycles. The number of nitrogens with zero attached hydrogens (tertiary/aromatic N) is 1. The molecule has 0 bridgehead atoms. The molecular formula is C37H43NO8S3Si. The van der Waals surface area contributed by atoms with Gasteiger partial charge in [-0.05, 0) is 43.5 Å². The van der Waals surface area contributed by atoms with Gasteiger partial charge >= 0.3 is 12.1 Å². The van der Waals surface area contributed by atoms with Gasteiger partial charge in [0.25, 0.3) is 0 Å². The largest absolute Gasteiger partial charge is 0.422 e. The van der Waals surface area contributed by atoms with Crippen molar-refractivity contribution in [3.05, 3.63) is 108 Å². The topological polar surface area (TPSA) is 124 Å². The van der Waals surface area contributed by atoms with E-state index in [1.54, 1.807) is 44.2 Å². The summed E-state index contributed by atoms with van der Waals surface area (Å²) in [5.74, 6) is -0.665. The van der Waals surface area contributed by atoms with E-state index in [1.165, 1.54) is 17.9 Å². The van der Waals surface area contributed by atoms with Crippen molar-refractivity contribution in [2.24, 2.45) is 0 Å². The summed E-state index contributed by atoms with van der Waals surface area (Å²) in [5, 5.41) is 0.406. The Morgan fingerprint density at radius 3 is 1.94 bits per heavy atom. The van der Waals surface area contributed by atoms with Crippen LogP contribution in [0.3, 0.4) is 0 Å². The SMILES string of the molecule is CCN(C(=O)OC(C)OC(=O)c1ccccc1)[C@H]1C[C@H](C)S(=O)(=O)c2sc(S(=O)(=O)C[Si](c3ccccc3)(c3ccccc3)C(C)(C)C)cc21. The van der Waals surface area contributed by atoms with Gasteiger partial charge in [-0.2, -0.15) is 0 Å². The summed E-state index contributed by atoms with van der Waals surface area (Å²) < 4.78 is 67.6. The minimum Gasteiger partial charge on any atom is -0.422 e. The Morgan fingerprint density at radius 1 is 0.920 bits per heavy atom. The normalized spacial score (nSPS) is 18.0. The van der Waals surface area contributed by atoms with Gasteiger partial charge in [-0.25, -0.2) is 26.4 Å². The Labute approximate surface area is 300 Å². The van der Waals surface area contributed by atoms with E-state index in [0.717, 1.165) is 21.7 Å². The molecule has 4 aromatic rings. The van der Waals surface area contributed by atoms with E-state index in [4.69, 9.17) is 9.47 Å². The molecule has 0 radical (unpaired) electrons. The fraction of sp³-hybridized carbons (Fsp3) is 0.351. The molecule has 1 unspecified atom stereocenters. The fourth-order valence-electron chi connectivity index (χ4n) is 6.74. The molecule has 1 aromatic heterocycles. The second kappa shape index (κ2) is 14.5. The summed E-state index contributed by atoms with van der Waals surface area (Å²) in [5.41, 5.74) is 0.547. The van der Waals surface area contributed by atoms with Gasteiger partial charge in [0, 0.05) is 19.0 Å². The molecule has 0 aliphatic carbocycles. The van der Waals surface area contributed by atoms with Gasteiger partial charge in [-0.1, -0.05) is 110 Å². The van der Waals surface area contributed by atoms with Crippen LogP contribution in [0.4, 0.5) is 4.79 Å². The molecule has 9 nitrogen and oxygen atoms in total. The molecule has 5 rings (SSSR count). The Hall–Kier alpha value is -3.78. The number of thiophene rings is 1. The minimum absolute atomic E-state index is 0.0430. The predicted octanol–water partition coefficient (Wildman–Crippen LogP) is 6.39. The zero-order chi connectivity index (χ0) is 36.5. The molecule has 0 saturated carbocycles. The van der Waals surface area contributed by atoms with Crippen LogP contribution < -0.4 is 10.4 Å². The van der Waals surface area contributed by atoms with E-state index in [-0.39, 0.29) is 32.3 Å². The van der Waals surface area contributed by atoms with Gasteiger partial charge < -0.3 is 14.4 Å². The first kappa shape index (κ1) is 37.5. The third-order valence-corrected chi connectivity index (χ3v) is 23.3. The molecule has 0 fully saturated rings. The van der Waals surface area contributed by atoms with Crippen molar-refractivity contribution in [3.8, 4) is 0 Å². The summed E-state index contributed by atoms with van der Waals surface area (Å²) in [6.45, 7) is 11.0. The summed E-state index contributed by atoms with van der Waals surface area (Å²) >= 11 is 0.756. The second-order valence-electron chi connectivity index (χ2n) is 13.6. The minimum atomic E-state index is -4.07. The number of esters is 1. The predicted molar refractivity (Wildman–Crippen MR) is 198 cm³/mol. The van der Waals surface area contributed by atoms with Crippen LogP contribution in [0.15, 0.2) is 105 Å². The average molecular weight is 754 g/mol. The number of carbonyl (C=O) groups is 2. The van der Waals surface area contributed by atoms with Crippen molar-refractivity contribution in [1.29, 1.82) is 0 Å². The van der Waals surface area contributed by atoms with Crippen LogP contribution in [0.5, 0.6) is 0 Å². The number of sulfone groups is 2. The first-order chi connectivity index (χ1) is 23.5. The number of benzene rings is 3. The van der Waals surface area contributed by atoms with Crippen molar-refractivity contribution in [3.63, 3.8) is 0 Å². The summed E-state index contributed by atoms with van der Waals surface area (Å²) in [7, 11) is -11.1. The molecule has 0 N–H and O–H groups in total. The molecule has 0 saturated heterocycles. The van der Waals surface area contributed by atoms with E-state index in [2.05, 4.69) is 20.8 Å². The molecule has 1 amide bonds. The number of carbonyl (C=O) groups excluding carboxylic acids is 2. The Morgan fingerprint density at radius 2 is 1.44 bits per heavy atom. The van der Waals surface area contributed by atoms with Crippen molar-refractivity contribution in [2.75, 3.05) is 11.9 Å². The van der Waals surface area contributed by atoms with Crippen molar-refractivity contribution in [1.82, 2.24) is 4.90 Å². The van der Waals surface area contributed by atoms with Crippen LogP contribution in [0.1, 0.15) is 69.9 Å². The molecule has 50 heavy (non-hydrogen) atoms. The van der Waals surface area contributed by atoms with Gasteiger partial charge in [0.2, 0.25) is 6.29 Å². The lowest BCUT2D eigenvalue weighted by Gasteiger charge is -2.43. The van der Waals surface area contributed by atoms with Crippen LogP contribution in [0.2, 0.25) is 5.04 Å². The van der Waals surface area contributed by atoms with Crippen LogP contribution in [0.25, 0.3) is 0 Å². The zero-order valence-corrected chi connectivity index (χ0v) is 32.5. The molecule has 266 valence electrons. The quantitative estimate of drug-likeness (QED) is 0.104. The van der Waals surface area contributed by atoms with E-state index in [0.29, 0.717) is 5.56 Å². The molecule has 2 heterocycles. The van der Waals surface area contributed by atoms with Crippen molar-refractivity contribution >= 4 is 61.5 Å². The molecular weight excluding hydrogens is 711 g/mol. The van der Waals surface area contributed by atoms with Crippen LogP contribution in [-0.2, 0) is 29.1 Å². The highest BCUT2D eigenvalue weighted by molar-refractivity contribution is 7.97. The first-order valence-corrected chi connectivity index (χ1v) is 22.7. The van der Waals surface area contributed by atoms with Crippen molar-refractivity contribution < 1.29 is 35.9 Å². The van der Waals surface area contributed by atoms with E-state index in [9.17, 15) is 26.4 Å². The maximum absolute atomic E-state index is 14.7. The van der Waals surface area contributed by atoms with Crippen LogP contribution >= 0.6 is 11.3 Å². The molecule has 1 aliphatic rings. The second-order valence-corrected chi connectivity index (χ2v) is 24.7.